The Morgan fingerprint density at radius 3 is 2.31 bits per heavy atom. The van der Waals surface area contributed by atoms with Crippen LogP contribution in [0.15, 0.2) is 48.5 Å². The van der Waals surface area contributed by atoms with E-state index in [-0.39, 0.29) is 18.4 Å². The number of hydrogen-bond acceptors (Lipinski definition) is 5. The monoisotopic (exact) mass is 501 g/mol. The van der Waals surface area contributed by atoms with E-state index in [2.05, 4.69) is 4.90 Å². The molecule has 2 amide bonds. The highest BCUT2D eigenvalue weighted by molar-refractivity contribution is 6.30. The zero-order valence-corrected chi connectivity index (χ0v) is 21.5. The van der Waals surface area contributed by atoms with E-state index in [1.165, 1.54) is 12.7 Å². The Labute approximate surface area is 213 Å². The van der Waals surface area contributed by atoms with E-state index < -0.39 is 0 Å². The number of benzene rings is 2. The number of ether oxygens (including phenoxy) is 2. The van der Waals surface area contributed by atoms with Crippen LogP contribution in [0, 0.1) is 0 Å². The van der Waals surface area contributed by atoms with Gasteiger partial charge in [0.15, 0.2) is 0 Å². The largest absolute Gasteiger partial charge is 0.384 e. The van der Waals surface area contributed by atoms with Gasteiger partial charge in [0.2, 0.25) is 5.91 Å². The topological polar surface area (TPSA) is 62.3 Å². The van der Waals surface area contributed by atoms with Crippen LogP contribution >= 0.6 is 11.6 Å². The fraction of sp³-hybridized carbons (Fsp3) is 0.481. The van der Waals surface area contributed by atoms with Crippen molar-refractivity contribution < 1.29 is 19.1 Å². The highest BCUT2D eigenvalue weighted by Crippen LogP contribution is 2.24. The summed E-state index contributed by atoms with van der Waals surface area (Å²) in [4.78, 5) is 32.1. The lowest BCUT2D eigenvalue weighted by atomic mass is 10.1. The number of carbonyl (C=O) groups excluding carboxylic acids is 2. The minimum Gasteiger partial charge on any atom is -0.384 e. The molecule has 0 fully saturated rings. The zero-order chi connectivity index (χ0) is 25.0. The maximum absolute atomic E-state index is 13.0. The molecule has 0 aromatic heterocycles. The first kappa shape index (κ1) is 27.1. The van der Waals surface area contributed by atoms with Crippen LogP contribution < -0.4 is 4.90 Å². The molecule has 190 valence electrons. The molecule has 0 saturated carbocycles. The molecule has 3 rings (SSSR count). The first-order valence-corrected chi connectivity index (χ1v) is 12.5. The molecule has 0 aliphatic carbocycles. The third-order valence-electron chi connectivity index (χ3n) is 6.16. The molecule has 1 aliphatic heterocycles. The first-order valence-electron chi connectivity index (χ1n) is 12.1. The lowest BCUT2D eigenvalue weighted by Crippen LogP contribution is -2.40. The lowest BCUT2D eigenvalue weighted by Gasteiger charge is -2.31. The summed E-state index contributed by atoms with van der Waals surface area (Å²) in [7, 11) is 3.14. The second kappa shape index (κ2) is 14.2. The van der Waals surface area contributed by atoms with Crippen molar-refractivity contribution in [2.45, 2.75) is 32.4 Å². The van der Waals surface area contributed by atoms with E-state index in [4.69, 9.17) is 21.1 Å². The molecule has 35 heavy (non-hydrogen) atoms. The van der Waals surface area contributed by atoms with Crippen LogP contribution in [0.3, 0.4) is 0 Å². The smallest absolute Gasteiger partial charge is 0.252 e. The number of nitrogens with zero attached hydrogens (tertiary/aromatic N) is 3. The van der Waals surface area contributed by atoms with E-state index >= 15 is 0 Å². The fourth-order valence-corrected chi connectivity index (χ4v) is 4.52. The van der Waals surface area contributed by atoms with Crippen LogP contribution in [0.25, 0.3) is 0 Å². The molecule has 8 heteroatoms. The second-order valence-electron chi connectivity index (χ2n) is 8.77. The van der Waals surface area contributed by atoms with E-state index in [1.807, 2.05) is 53.4 Å². The van der Waals surface area contributed by atoms with Gasteiger partial charge in [-0.3, -0.25) is 14.5 Å². The van der Waals surface area contributed by atoms with Gasteiger partial charge in [0.25, 0.3) is 5.91 Å². The van der Waals surface area contributed by atoms with Crippen molar-refractivity contribution in [3.8, 4) is 0 Å². The number of rotatable bonds is 7. The van der Waals surface area contributed by atoms with Gasteiger partial charge in [0.05, 0.1) is 13.0 Å². The number of methoxy groups -OCH3 is 2. The van der Waals surface area contributed by atoms with Crippen molar-refractivity contribution >= 4 is 29.1 Å². The normalized spacial score (nSPS) is 15.7. The van der Waals surface area contributed by atoms with Crippen LogP contribution in [0.5, 0.6) is 0 Å². The van der Waals surface area contributed by atoms with E-state index in [0.717, 1.165) is 48.7 Å². The molecular weight excluding hydrogens is 466 g/mol. The standard InChI is InChI=1S/C27H36ClN3O4/c1-34-18-13-26(32)30-16-5-14-29(19-22-9-11-24(28)12-10-22)15-6-17-31(27(33)21-35-2)25-8-4-3-7-23(25)20-30/h3-4,7-12H,5-6,13-21H2,1-2H3. The molecule has 0 radical (unpaired) electrons. The summed E-state index contributed by atoms with van der Waals surface area (Å²) in [5.41, 5.74) is 2.98. The van der Waals surface area contributed by atoms with Crippen molar-refractivity contribution in [2.75, 3.05) is 58.5 Å². The molecule has 2 aromatic carbocycles. The predicted molar refractivity (Wildman–Crippen MR) is 139 cm³/mol. The van der Waals surface area contributed by atoms with Crippen molar-refractivity contribution in [3.05, 3.63) is 64.7 Å². The Bertz CT molecular complexity index is 954. The van der Waals surface area contributed by atoms with Gasteiger partial charge in [-0.2, -0.15) is 0 Å². The number of amides is 2. The van der Waals surface area contributed by atoms with E-state index in [1.54, 1.807) is 12.0 Å². The average Bonchev–Trinajstić information content (AvgIpc) is 2.85. The maximum Gasteiger partial charge on any atom is 0.252 e. The molecule has 0 unspecified atom stereocenters. The summed E-state index contributed by atoms with van der Waals surface area (Å²) < 4.78 is 10.3. The van der Waals surface area contributed by atoms with Crippen LogP contribution in [-0.4, -0.2) is 75.2 Å². The zero-order valence-electron chi connectivity index (χ0n) is 20.7. The average molecular weight is 502 g/mol. The number of halogens is 1. The highest BCUT2D eigenvalue weighted by Gasteiger charge is 2.22. The van der Waals surface area contributed by atoms with Crippen LogP contribution in [0.4, 0.5) is 5.69 Å². The third-order valence-corrected chi connectivity index (χ3v) is 6.42. The molecule has 1 heterocycles. The Morgan fingerprint density at radius 1 is 0.886 bits per heavy atom. The summed E-state index contributed by atoms with van der Waals surface area (Å²) in [6, 6.07) is 15.7. The Hall–Kier alpha value is -2.45. The molecule has 0 atom stereocenters. The van der Waals surface area contributed by atoms with Gasteiger partial charge in [-0.05, 0) is 42.2 Å². The number of carbonyl (C=O) groups is 2. The van der Waals surface area contributed by atoms with Crippen molar-refractivity contribution in [2.24, 2.45) is 0 Å². The Morgan fingerprint density at radius 2 is 1.60 bits per heavy atom. The fourth-order valence-electron chi connectivity index (χ4n) is 4.39. The van der Waals surface area contributed by atoms with Gasteiger partial charge in [-0.1, -0.05) is 41.9 Å². The molecule has 2 aromatic rings. The number of para-hydroxylation sites is 1. The number of anilines is 1. The minimum absolute atomic E-state index is 0.0132. The first-order chi connectivity index (χ1) is 17.0. The minimum atomic E-state index is -0.0847. The van der Waals surface area contributed by atoms with Gasteiger partial charge in [-0.25, -0.2) is 0 Å². The molecular formula is C27H36ClN3O4. The van der Waals surface area contributed by atoms with Crippen molar-refractivity contribution in [1.29, 1.82) is 0 Å². The molecule has 1 aliphatic rings. The molecule has 0 saturated heterocycles. The van der Waals surface area contributed by atoms with Gasteiger partial charge in [0.1, 0.15) is 6.61 Å². The SMILES string of the molecule is COCCC(=O)N1CCCN(Cc2ccc(Cl)cc2)CCCN(C(=O)COC)c2ccccc2C1. The van der Waals surface area contributed by atoms with E-state index in [0.29, 0.717) is 32.7 Å². The number of fused-ring (bicyclic) bond motifs is 1. The third kappa shape index (κ3) is 8.32. The highest BCUT2D eigenvalue weighted by atomic mass is 35.5. The number of hydrogen-bond donors (Lipinski definition) is 0. The molecule has 7 nitrogen and oxygen atoms in total. The summed E-state index contributed by atoms with van der Waals surface area (Å²) in [6.45, 7) is 4.54. The Kier molecular flexibility index (Phi) is 11.0. The van der Waals surface area contributed by atoms with Gasteiger partial charge in [-0.15, -0.1) is 0 Å². The predicted octanol–water partition coefficient (Wildman–Crippen LogP) is 3.98. The Balaban J connectivity index is 1.86. The van der Waals surface area contributed by atoms with Crippen molar-refractivity contribution in [3.63, 3.8) is 0 Å². The van der Waals surface area contributed by atoms with Gasteiger partial charge >= 0.3 is 0 Å². The van der Waals surface area contributed by atoms with Crippen LogP contribution in [0.1, 0.15) is 30.4 Å². The van der Waals surface area contributed by atoms with Crippen LogP contribution in [-0.2, 0) is 32.2 Å². The summed E-state index contributed by atoms with van der Waals surface area (Å²) in [6.07, 6.45) is 2.02. The molecule has 0 N–H and O–H groups in total. The molecule has 0 bridgehead atoms. The maximum atomic E-state index is 13.0. The summed E-state index contributed by atoms with van der Waals surface area (Å²) >= 11 is 6.06. The molecule has 0 spiro atoms. The van der Waals surface area contributed by atoms with Gasteiger partial charge < -0.3 is 19.3 Å². The lowest BCUT2D eigenvalue weighted by molar-refractivity contribution is -0.132. The van der Waals surface area contributed by atoms with Crippen molar-refractivity contribution in [1.82, 2.24) is 9.80 Å². The summed E-state index contributed by atoms with van der Waals surface area (Å²) in [5, 5.41) is 0.721. The summed E-state index contributed by atoms with van der Waals surface area (Å²) in [5.74, 6) is -0.0312. The van der Waals surface area contributed by atoms with Crippen LogP contribution in [0.2, 0.25) is 5.02 Å². The second-order valence-corrected chi connectivity index (χ2v) is 9.21. The van der Waals surface area contributed by atoms with Gasteiger partial charge in [0, 0.05) is 64.2 Å². The van der Waals surface area contributed by atoms with E-state index in [9.17, 15) is 9.59 Å². The quantitative estimate of drug-likeness (QED) is 0.574.